The third kappa shape index (κ3) is 13.1. The molecule has 0 aliphatic heterocycles. The maximum absolute atomic E-state index is 13.1. The molecule has 7 unspecified atom stereocenters. The average Bonchev–Trinajstić information content (AvgIpc) is 2.79. The Labute approximate surface area is 235 Å². The van der Waals surface area contributed by atoms with Gasteiger partial charge in [-0.3, -0.25) is 10.3 Å². The van der Waals surface area contributed by atoms with Crippen molar-refractivity contribution in [3.8, 4) is 0 Å². The van der Waals surface area contributed by atoms with E-state index in [2.05, 4.69) is 28.0 Å². The molecule has 0 aromatic carbocycles. The fourth-order valence-electron chi connectivity index (χ4n) is 4.32. The third-order valence-corrected chi connectivity index (χ3v) is 7.86. The Morgan fingerprint density at radius 1 is 1.03 bits per heavy atom. The molecule has 39 heavy (non-hydrogen) atoms. The number of nitrogens with one attached hydrogen (secondary N) is 3. The van der Waals surface area contributed by atoms with Gasteiger partial charge in [0.2, 0.25) is 5.96 Å². The molecule has 0 spiro atoms. The normalized spacial score (nSPS) is 25.7. The summed E-state index contributed by atoms with van der Waals surface area (Å²) in [5.74, 6) is 0.259. The summed E-state index contributed by atoms with van der Waals surface area (Å²) in [7, 11) is 1.69. The Balaban J connectivity index is 2.82. The summed E-state index contributed by atoms with van der Waals surface area (Å²) in [6.45, 7) is 16.6. The minimum Gasteiger partial charge on any atom is -0.444 e. The van der Waals surface area contributed by atoms with Crippen LogP contribution in [0.1, 0.15) is 81.6 Å². The van der Waals surface area contributed by atoms with E-state index in [0.29, 0.717) is 12.7 Å². The number of hydroxylamine groups is 1. The number of hydrogen-bond acceptors (Lipinski definition) is 9. The molecular formula is C26H48N4O8S. The zero-order valence-corrected chi connectivity index (χ0v) is 25.8. The van der Waals surface area contributed by atoms with Crippen molar-refractivity contribution in [1.82, 2.24) is 16.1 Å². The number of ether oxygens (including phenoxy) is 3. The summed E-state index contributed by atoms with van der Waals surface area (Å²) in [4.78, 5) is 40.0. The lowest BCUT2D eigenvalue weighted by Crippen LogP contribution is -2.49. The van der Waals surface area contributed by atoms with E-state index >= 15 is 0 Å². The van der Waals surface area contributed by atoms with Crippen LogP contribution in [0.15, 0.2) is 4.99 Å². The second kappa shape index (κ2) is 15.5. The lowest BCUT2D eigenvalue weighted by molar-refractivity contribution is -0.109. The van der Waals surface area contributed by atoms with Crippen LogP contribution in [0.4, 0.5) is 9.59 Å². The molecule has 1 saturated carbocycles. The van der Waals surface area contributed by atoms with Crippen molar-refractivity contribution >= 4 is 35.5 Å². The van der Waals surface area contributed by atoms with E-state index in [9.17, 15) is 18.6 Å². The molecule has 1 rings (SSSR count). The second-order valence-electron chi connectivity index (χ2n) is 12.0. The first-order chi connectivity index (χ1) is 18.0. The van der Waals surface area contributed by atoms with Crippen molar-refractivity contribution in [2.45, 2.75) is 110 Å². The number of hydrogen-bond donors (Lipinski definition) is 3. The van der Waals surface area contributed by atoms with Gasteiger partial charge in [0.1, 0.15) is 17.5 Å². The molecule has 3 N–H and O–H groups in total. The minimum absolute atomic E-state index is 0.0679. The number of nitrogens with zero attached hydrogens (tertiary/aromatic N) is 1. The third-order valence-electron chi connectivity index (χ3n) is 6.27. The van der Waals surface area contributed by atoms with Crippen LogP contribution < -0.4 is 16.1 Å². The maximum Gasteiger partial charge on any atom is 0.414 e. The highest BCUT2D eigenvalue weighted by atomic mass is 32.2. The average molecular weight is 577 g/mol. The van der Waals surface area contributed by atoms with E-state index in [1.807, 2.05) is 13.8 Å². The molecular weight excluding hydrogens is 528 g/mol. The summed E-state index contributed by atoms with van der Waals surface area (Å²) in [6.07, 6.45) is 0.682. The van der Waals surface area contributed by atoms with Crippen molar-refractivity contribution < 1.29 is 37.1 Å². The topological polar surface area (TPSA) is 154 Å². The van der Waals surface area contributed by atoms with Gasteiger partial charge in [-0.25, -0.2) is 19.3 Å². The van der Waals surface area contributed by atoms with Gasteiger partial charge in [0.05, 0.1) is 17.4 Å². The van der Waals surface area contributed by atoms with Crippen molar-refractivity contribution in [1.29, 1.82) is 0 Å². The summed E-state index contributed by atoms with van der Waals surface area (Å²) in [5.41, 5.74) is 1.09. The van der Waals surface area contributed by atoms with E-state index in [1.54, 1.807) is 48.7 Å². The van der Waals surface area contributed by atoms with Gasteiger partial charge >= 0.3 is 12.2 Å². The van der Waals surface area contributed by atoms with E-state index in [4.69, 9.17) is 18.5 Å². The Morgan fingerprint density at radius 3 is 2.15 bits per heavy atom. The molecule has 1 fully saturated rings. The number of rotatable bonds is 10. The van der Waals surface area contributed by atoms with Gasteiger partial charge in [-0.15, -0.1) is 0 Å². The van der Waals surface area contributed by atoms with E-state index in [-0.39, 0.29) is 48.0 Å². The van der Waals surface area contributed by atoms with Gasteiger partial charge in [-0.05, 0) is 78.6 Å². The van der Waals surface area contributed by atoms with Crippen LogP contribution in [-0.2, 0) is 34.4 Å². The lowest BCUT2D eigenvalue weighted by atomic mass is 9.74. The first-order valence-electron chi connectivity index (χ1n) is 13.3. The van der Waals surface area contributed by atoms with Crippen LogP contribution in [0.3, 0.4) is 0 Å². The lowest BCUT2D eigenvalue weighted by Gasteiger charge is -2.41. The zero-order chi connectivity index (χ0) is 30.0. The molecule has 2 amide bonds. The molecule has 12 nitrogen and oxygen atoms in total. The summed E-state index contributed by atoms with van der Waals surface area (Å²) in [6, 6.07) is -0.763. The Hall–Kier alpha value is -2.25. The maximum atomic E-state index is 13.1. The fraction of sp³-hybridized carbons (Fsp3) is 0.846. The van der Waals surface area contributed by atoms with Gasteiger partial charge in [0, 0.05) is 13.7 Å². The molecule has 0 saturated heterocycles. The fourth-order valence-corrected chi connectivity index (χ4v) is 5.68. The molecule has 226 valence electrons. The molecule has 0 heterocycles. The summed E-state index contributed by atoms with van der Waals surface area (Å²) < 4.78 is 34.7. The SMILES string of the molecule is COC1CC(C)C(S(=O)ONC(=NCCCC(C=O)NC(=O)OC(C)(C)C)NC(=O)OC(C)(C)C)C(C)C1C. The standard InChI is InChI=1S/C26H48N4O8S/c1-16-14-20(35-10)17(2)18(3)21(16)39(34)38-30-22(29-24(33)37-26(7,8)9)27-13-11-12-19(15-31)28-23(32)36-25(4,5)6/h15-21H,11-14H2,1-10H3,(H,28,32)(H2,27,29,30,33). The highest BCUT2D eigenvalue weighted by Gasteiger charge is 2.42. The van der Waals surface area contributed by atoms with Crippen molar-refractivity contribution in [2.75, 3.05) is 13.7 Å². The van der Waals surface area contributed by atoms with Crippen molar-refractivity contribution in [2.24, 2.45) is 22.7 Å². The van der Waals surface area contributed by atoms with E-state index in [0.717, 1.165) is 6.42 Å². The highest BCUT2D eigenvalue weighted by Crippen LogP contribution is 2.38. The van der Waals surface area contributed by atoms with Gasteiger partial charge in [0.25, 0.3) is 0 Å². The van der Waals surface area contributed by atoms with Crippen molar-refractivity contribution in [3.05, 3.63) is 0 Å². The van der Waals surface area contributed by atoms with Crippen LogP contribution in [0, 0.1) is 17.8 Å². The van der Waals surface area contributed by atoms with Crippen molar-refractivity contribution in [3.63, 3.8) is 0 Å². The first kappa shape index (κ1) is 34.8. The summed E-state index contributed by atoms with van der Waals surface area (Å²) >= 11 is -1.74. The molecule has 0 radical (unpaired) electrons. The van der Waals surface area contributed by atoms with Crippen LogP contribution in [0.25, 0.3) is 0 Å². The smallest absolute Gasteiger partial charge is 0.414 e. The van der Waals surface area contributed by atoms with E-state index in [1.165, 1.54) is 0 Å². The number of aliphatic imine (C=N–C) groups is 1. The number of carbonyl (C=O) groups excluding carboxylic acids is 3. The number of amides is 2. The second-order valence-corrected chi connectivity index (χ2v) is 13.2. The number of guanidine groups is 1. The summed E-state index contributed by atoms with van der Waals surface area (Å²) in [5, 5.41) is 4.73. The molecule has 1 aliphatic carbocycles. The number of aldehydes is 1. The minimum atomic E-state index is -1.74. The quantitative estimate of drug-likeness (QED) is 0.116. The molecule has 0 aromatic rings. The Morgan fingerprint density at radius 2 is 1.62 bits per heavy atom. The molecule has 13 heteroatoms. The Bertz CT molecular complexity index is 871. The van der Waals surface area contributed by atoms with Crippen LogP contribution in [0.2, 0.25) is 0 Å². The van der Waals surface area contributed by atoms with Gasteiger partial charge in [-0.2, -0.15) is 4.28 Å². The molecule has 0 aromatic heterocycles. The predicted molar refractivity (Wildman–Crippen MR) is 149 cm³/mol. The van der Waals surface area contributed by atoms with E-state index < -0.39 is 40.5 Å². The van der Waals surface area contributed by atoms with Crippen LogP contribution >= 0.6 is 0 Å². The zero-order valence-electron chi connectivity index (χ0n) is 25.0. The van der Waals surface area contributed by atoms with Crippen LogP contribution in [0.5, 0.6) is 0 Å². The monoisotopic (exact) mass is 576 g/mol. The molecule has 1 aliphatic rings. The van der Waals surface area contributed by atoms with Gasteiger partial charge in [0.15, 0.2) is 11.1 Å². The molecule has 7 atom stereocenters. The predicted octanol–water partition coefficient (Wildman–Crippen LogP) is 3.62. The largest absolute Gasteiger partial charge is 0.444 e. The number of alkyl carbamates (subject to hydrolysis) is 2. The highest BCUT2D eigenvalue weighted by molar-refractivity contribution is 7.80. The van der Waals surface area contributed by atoms with Gasteiger partial charge < -0.3 is 24.3 Å². The van der Waals surface area contributed by atoms with Gasteiger partial charge in [-0.1, -0.05) is 20.8 Å². The number of methoxy groups -OCH3 is 1. The number of carbonyl (C=O) groups is 3. The first-order valence-corrected chi connectivity index (χ1v) is 14.5. The Kier molecular flexibility index (Phi) is 13.8. The molecule has 0 bridgehead atoms. The van der Waals surface area contributed by atoms with Crippen LogP contribution in [-0.4, -0.2) is 70.9 Å².